The second kappa shape index (κ2) is 3.49. The first kappa shape index (κ1) is 11.4. The topological polar surface area (TPSA) is 69.6 Å². The average Bonchev–Trinajstić information content (AvgIpc) is 1.74. The Balaban J connectivity index is 2.66. The van der Waals surface area contributed by atoms with Crippen molar-refractivity contribution >= 4 is 5.97 Å². The standard InChI is InChI=1S/C9H17NO4/c1-9(13)6-10(2,3)5-7(14-9)4-8(11)12/h7,13H,4-6H2,1-3H3/t7-,9+/m1/s1. The fourth-order valence-electron chi connectivity index (χ4n) is 2.14. The number of carboxylic acid groups (broad SMARTS) is 1. The summed E-state index contributed by atoms with van der Waals surface area (Å²) in [7, 11) is 3.86. The van der Waals surface area contributed by atoms with Crippen LogP contribution in [0.5, 0.6) is 0 Å². The van der Waals surface area contributed by atoms with Gasteiger partial charge in [-0.1, -0.05) is 0 Å². The van der Waals surface area contributed by atoms with Gasteiger partial charge >= 0.3 is 0 Å². The molecule has 0 aromatic carbocycles. The first-order chi connectivity index (χ1) is 6.20. The van der Waals surface area contributed by atoms with Crippen molar-refractivity contribution in [1.82, 2.24) is 0 Å². The molecule has 1 rings (SSSR count). The maximum Gasteiger partial charge on any atom is 0.213 e. The highest BCUT2D eigenvalue weighted by Crippen LogP contribution is 2.23. The summed E-state index contributed by atoms with van der Waals surface area (Å²) in [6.07, 6.45) is -0.642. The Morgan fingerprint density at radius 1 is 1.71 bits per heavy atom. The number of nitrogens with zero attached hydrogens (tertiary/aromatic N) is 1. The van der Waals surface area contributed by atoms with E-state index in [-0.39, 0.29) is 6.42 Å². The Bertz CT molecular complexity index is 221. The highest BCUT2D eigenvalue weighted by Gasteiger charge is 2.41. The van der Waals surface area contributed by atoms with Crippen molar-refractivity contribution in [2.75, 3.05) is 27.2 Å². The third kappa shape index (κ3) is 3.25. The zero-order valence-electron chi connectivity index (χ0n) is 8.82. The van der Waals surface area contributed by atoms with E-state index < -0.39 is 17.9 Å². The molecular formula is C9H17NO4. The summed E-state index contributed by atoms with van der Waals surface area (Å²) >= 11 is 0. The van der Waals surface area contributed by atoms with Crippen LogP contribution in [0.4, 0.5) is 0 Å². The molecule has 14 heavy (non-hydrogen) atoms. The summed E-state index contributed by atoms with van der Waals surface area (Å²) in [6.45, 7) is 2.58. The molecule has 5 heteroatoms. The van der Waals surface area contributed by atoms with Gasteiger partial charge < -0.3 is 24.2 Å². The number of hydrogen-bond donors (Lipinski definition) is 1. The molecule has 5 nitrogen and oxygen atoms in total. The van der Waals surface area contributed by atoms with Crippen molar-refractivity contribution in [1.29, 1.82) is 0 Å². The van der Waals surface area contributed by atoms with Crippen molar-refractivity contribution in [3.8, 4) is 0 Å². The van der Waals surface area contributed by atoms with Crippen LogP contribution in [0.15, 0.2) is 0 Å². The Kier molecular flexibility index (Phi) is 2.85. The number of carbonyl (C=O) groups is 1. The first-order valence-corrected chi connectivity index (χ1v) is 4.62. The second-order valence-electron chi connectivity index (χ2n) is 4.77. The number of hydrogen-bond acceptors (Lipinski definition) is 4. The zero-order chi connectivity index (χ0) is 11.0. The van der Waals surface area contributed by atoms with Crippen molar-refractivity contribution in [3.05, 3.63) is 0 Å². The largest absolute Gasteiger partial charge is 0.550 e. The minimum Gasteiger partial charge on any atom is -0.550 e. The molecule has 1 aliphatic heterocycles. The van der Waals surface area contributed by atoms with E-state index in [2.05, 4.69) is 0 Å². The lowest BCUT2D eigenvalue weighted by molar-refractivity contribution is -0.914. The Morgan fingerprint density at radius 3 is 2.71 bits per heavy atom. The monoisotopic (exact) mass is 203 g/mol. The molecule has 0 bridgehead atoms. The second-order valence-corrected chi connectivity index (χ2v) is 4.77. The quantitative estimate of drug-likeness (QED) is 0.544. The molecule has 1 fully saturated rings. The molecule has 0 saturated carbocycles. The Labute approximate surface area is 83.5 Å². The van der Waals surface area contributed by atoms with E-state index in [1.54, 1.807) is 6.92 Å². The number of morpholine rings is 1. The first-order valence-electron chi connectivity index (χ1n) is 4.62. The lowest BCUT2D eigenvalue weighted by atomic mass is 10.1. The molecule has 0 unspecified atom stereocenters. The van der Waals surface area contributed by atoms with Gasteiger partial charge in [0.15, 0.2) is 0 Å². The summed E-state index contributed by atoms with van der Waals surface area (Å²) in [5, 5.41) is 20.2. The molecule has 82 valence electrons. The van der Waals surface area contributed by atoms with E-state index in [0.29, 0.717) is 17.6 Å². The van der Waals surface area contributed by atoms with Gasteiger partial charge in [0.1, 0.15) is 19.2 Å². The highest BCUT2D eigenvalue weighted by atomic mass is 16.6. The summed E-state index contributed by atoms with van der Waals surface area (Å²) in [6, 6.07) is 0. The van der Waals surface area contributed by atoms with Crippen LogP contribution < -0.4 is 5.11 Å². The lowest BCUT2D eigenvalue weighted by Crippen LogP contribution is -2.62. The Hall–Kier alpha value is -0.650. The number of carbonyl (C=O) groups excluding carboxylic acids is 1. The molecule has 0 radical (unpaired) electrons. The molecular weight excluding hydrogens is 186 g/mol. The Morgan fingerprint density at radius 2 is 2.29 bits per heavy atom. The summed E-state index contributed by atoms with van der Waals surface area (Å²) in [5.74, 6) is -2.39. The van der Waals surface area contributed by atoms with Gasteiger partial charge in [-0.05, 0) is 6.92 Å². The maximum atomic E-state index is 10.4. The van der Waals surface area contributed by atoms with Gasteiger partial charge in [-0.2, -0.15) is 0 Å². The van der Waals surface area contributed by atoms with Gasteiger partial charge in [0.05, 0.1) is 14.1 Å². The molecule has 0 aromatic rings. The SMILES string of the molecule is C[C@@]1(O)C[N+](C)(C)C[C@@H](CC(=O)[O-])O1. The minimum atomic E-state index is -1.25. The summed E-state index contributed by atoms with van der Waals surface area (Å²) < 4.78 is 5.79. The number of rotatable bonds is 2. The van der Waals surface area contributed by atoms with Crippen LogP contribution in [0.3, 0.4) is 0 Å². The minimum absolute atomic E-state index is 0.169. The highest BCUT2D eigenvalue weighted by molar-refractivity contribution is 5.64. The number of aliphatic hydroxyl groups is 1. The van der Waals surface area contributed by atoms with Crippen molar-refractivity contribution in [3.63, 3.8) is 0 Å². The number of ether oxygens (including phenoxy) is 1. The van der Waals surface area contributed by atoms with Crippen LogP contribution in [0.25, 0.3) is 0 Å². The lowest BCUT2D eigenvalue weighted by Gasteiger charge is -2.44. The van der Waals surface area contributed by atoms with Crippen LogP contribution >= 0.6 is 0 Å². The fourth-order valence-corrected chi connectivity index (χ4v) is 2.14. The normalized spacial score (nSPS) is 36.7. The van der Waals surface area contributed by atoms with Gasteiger partial charge in [0.25, 0.3) is 0 Å². The van der Waals surface area contributed by atoms with E-state index in [1.165, 1.54) is 0 Å². The smallest absolute Gasteiger partial charge is 0.213 e. The molecule has 1 aliphatic rings. The molecule has 0 aliphatic carbocycles. The predicted octanol–water partition coefficient (Wildman–Crippen LogP) is -1.69. The molecule has 1 heterocycles. The van der Waals surface area contributed by atoms with Crippen LogP contribution in [0.1, 0.15) is 13.3 Å². The number of quaternary nitrogens is 1. The third-order valence-corrected chi connectivity index (χ3v) is 2.23. The predicted molar refractivity (Wildman–Crippen MR) is 47.0 cm³/mol. The molecule has 0 aromatic heterocycles. The van der Waals surface area contributed by atoms with E-state index in [4.69, 9.17) is 4.74 Å². The molecule has 0 amide bonds. The van der Waals surface area contributed by atoms with Gasteiger partial charge in [-0.15, -0.1) is 0 Å². The summed E-state index contributed by atoms with van der Waals surface area (Å²) in [5.41, 5.74) is 0. The van der Waals surface area contributed by atoms with Gasteiger partial charge in [0.2, 0.25) is 5.79 Å². The molecule has 0 spiro atoms. The van der Waals surface area contributed by atoms with E-state index in [9.17, 15) is 15.0 Å². The number of likely N-dealkylation sites (N-methyl/N-ethyl adjacent to an activating group) is 1. The van der Waals surface area contributed by atoms with Crippen LogP contribution in [-0.4, -0.2) is 54.6 Å². The van der Waals surface area contributed by atoms with Crippen molar-refractivity contribution < 1.29 is 24.2 Å². The van der Waals surface area contributed by atoms with Gasteiger partial charge in [-0.25, -0.2) is 0 Å². The summed E-state index contributed by atoms with van der Waals surface area (Å²) in [4.78, 5) is 10.4. The van der Waals surface area contributed by atoms with Crippen molar-refractivity contribution in [2.45, 2.75) is 25.2 Å². The number of carboxylic acids is 1. The number of aliphatic carboxylic acids is 1. The molecule has 1 saturated heterocycles. The van der Waals surface area contributed by atoms with Crippen molar-refractivity contribution in [2.24, 2.45) is 0 Å². The van der Waals surface area contributed by atoms with E-state index >= 15 is 0 Å². The zero-order valence-corrected chi connectivity index (χ0v) is 8.82. The average molecular weight is 203 g/mol. The van der Waals surface area contributed by atoms with Gasteiger partial charge in [-0.3, -0.25) is 0 Å². The van der Waals surface area contributed by atoms with Crippen LogP contribution in [-0.2, 0) is 9.53 Å². The van der Waals surface area contributed by atoms with E-state index in [0.717, 1.165) is 0 Å². The molecule has 1 N–H and O–H groups in total. The van der Waals surface area contributed by atoms with Crippen LogP contribution in [0, 0.1) is 0 Å². The third-order valence-electron chi connectivity index (χ3n) is 2.23. The maximum absolute atomic E-state index is 10.4. The van der Waals surface area contributed by atoms with Gasteiger partial charge in [0, 0.05) is 12.4 Å². The van der Waals surface area contributed by atoms with Crippen LogP contribution in [0.2, 0.25) is 0 Å². The molecule has 2 atom stereocenters. The van der Waals surface area contributed by atoms with E-state index in [1.807, 2.05) is 14.1 Å². The fraction of sp³-hybridized carbons (Fsp3) is 0.889.